The Bertz CT molecular complexity index is 1140. The minimum atomic E-state index is -0.580. The monoisotopic (exact) mass is 349 g/mol. The summed E-state index contributed by atoms with van der Waals surface area (Å²) >= 11 is 0. The number of phenols is 1. The number of nitrogens with one attached hydrogen (secondary N) is 1. The summed E-state index contributed by atoms with van der Waals surface area (Å²) in [6.07, 6.45) is 0.790. The molecule has 0 bridgehead atoms. The Morgan fingerprint density at radius 3 is 2.62 bits per heavy atom. The quantitative estimate of drug-likeness (QED) is 0.542. The predicted octanol–water partition coefficient (Wildman–Crippen LogP) is 4.29. The van der Waals surface area contributed by atoms with E-state index in [9.17, 15) is 14.3 Å². The fourth-order valence-corrected chi connectivity index (χ4v) is 3.46. The van der Waals surface area contributed by atoms with E-state index in [1.165, 1.54) is 12.1 Å². The van der Waals surface area contributed by atoms with E-state index in [-0.39, 0.29) is 11.4 Å². The van der Waals surface area contributed by atoms with Crippen LogP contribution in [0.3, 0.4) is 0 Å². The number of rotatable bonds is 3. The number of carbonyl (C=O) groups excluding carboxylic acids is 1. The zero-order valence-corrected chi connectivity index (χ0v) is 14.2. The number of aldehydes is 1. The van der Waals surface area contributed by atoms with Gasteiger partial charge in [-0.3, -0.25) is 9.89 Å². The molecule has 0 atom stereocenters. The number of aromatic amines is 1. The van der Waals surface area contributed by atoms with Crippen molar-refractivity contribution in [3.8, 4) is 22.7 Å². The Hall–Kier alpha value is -3.41. The van der Waals surface area contributed by atoms with E-state index < -0.39 is 5.82 Å². The molecule has 0 fully saturated rings. The van der Waals surface area contributed by atoms with E-state index in [2.05, 4.69) is 10.2 Å². The molecule has 0 spiro atoms. The smallest absolute Gasteiger partial charge is 0.152 e. The molecule has 6 heteroatoms. The van der Waals surface area contributed by atoms with E-state index >= 15 is 0 Å². The van der Waals surface area contributed by atoms with Crippen LogP contribution in [0.5, 0.6) is 5.75 Å². The second-order valence-corrected chi connectivity index (χ2v) is 6.18. The number of aromatic nitrogens is 3. The standard InChI is InChI=1S/C20H16FN3O2/c1-11-19(12(2)23-22-11)20-15(10-25)14-5-3-4-6-17(14)24(20)18-8-7-13(26)9-16(18)21/h3-10,26H,1-2H3,(H,22,23). The Kier molecular flexibility index (Phi) is 3.61. The van der Waals surface area contributed by atoms with Gasteiger partial charge in [0, 0.05) is 28.3 Å². The van der Waals surface area contributed by atoms with Crippen LogP contribution in [0.15, 0.2) is 42.5 Å². The normalized spacial score (nSPS) is 11.2. The number of hydrogen-bond donors (Lipinski definition) is 2. The van der Waals surface area contributed by atoms with E-state index in [1.807, 2.05) is 38.1 Å². The van der Waals surface area contributed by atoms with E-state index in [4.69, 9.17) is 0 Å². The minimum absolute atomic E-state index is 0.157. The molecule has 0 saturated heterocycles. The van der Waals surface area contributed by atoms with Gasteiger partial charge in [0.05, 0.1) is 22.6 Å². The van der Waals surface area contributed by atoms with Crippen LogP contribution >= 0.6 is 0 Å². The van der Waals surface area contributed by atoms with Crippen LogP contribution in [0.4, 0.5) is 4.39 Å². The number of benzene rings is 2. The van der Waals surface area contributed by atoms with Crippen molar-refractivity contribution in [1.29, 1.82) is 0 Å². The third-order valence-electron chi connectivity index (χ3n) is 4.57. The van der Waals surface area contributed by atoms with Crippen LogP contribution in [0.25, 0.3) is 27.8 Å². The summed E-state index contributed by atoms with van der Waals surface area (Å²) in [5, 5.41) is 17.4. The first-order valence-electron chi connectivity index (χ1n) is 8.12. The van der Waals surface area contributed by atoms with Crippen LogP contribution in [0.1, 0.15) is 21.7 Å². The summed E-state index contributed by atoms with van der Waals surface area (Å²) in [5.74, 6) is -0.737. The summed E-state index contributed by atoms with van der Waals surface area (Å²) in [6, 6.07) is 11.3. The number of H-pyrrole nitrogens is 1. The summed E-state index contributed by atoms with van der Waals surface area (Å²) in [5.41, 5.74) is 4.27. The van der Waals surface area contributed by atoms with Crippen molar-refractivity contribution in [2.24, 2.45) is 0 Å². The number of hydrogen-bond acceptors (Lipinski definition) is 3. The summed E-state index contributed by atoms with van der Waals surface area (Å²) in [6.45, 7) is 3.70. The first kappa shape index (κ1) is 16.1. The van der Waals surface area contributed by atoms with Crippen molar-refractivity contribution in [1.82, 2.24) is 14.8 Å². The molecule has 4 aromatic rings. The van der Waals surface area contributed by atoms with Crippen molar-refractivity contribution < 1.29 is 14.3 Å². The van der Waals surface area contributed by atoms with Gasteiger partial charge in [0.15, 0.2) is 12.1 Å². The lowest BCUT2D eigenvalue weighted by molar-refractivity contribution is 0.112. The second-order valence-electron chi connectivity index (χ2n) is 6.18. The molecule has 0 unspecified atom stereocenters. The van der Waals surface area contributed by atoms with Gasteiger partial charge in [-0.2, -0.15) is 5.10 Å². The van der Waals surface area contributed by atoms with Gasteiger partial charge in [-0.05, 0) is 32.0 Å². The summed E-state index contributed by atoms with van der Waals surface area (Å²) in [4.78, 5) is 12.0. The Labute approximate surface area is 148 Å². The number of fused-ring (bicyclic) bond motifs is 1. The maximum absolute atomic E-state index is 14.7. The maximum atomic E-state index is 14.7. The molecular formula is C20H16FN3O2. The van der Waals surface area contributed by atoms with Crippen molar-refractivity contribution in [3.05, 3.63) is 65.2 Å². The lowest BCUT2D eigenvalue weighted by atomic mass is 10.0. The van der Waals surface area contributed by atoms with Gasteiger partial charge in [0.2, 0.25) is 0 Å². The van der Waals surface area contributed by atoms with Crippen LogP contribution in [0.2, 0.25) is 0 Å². The van der Waals surface area contributed by atoms with Gasteiger partial charge < -0.3 is 9.67 Å². The van der Waals surface area contributed by atoms with E-state index in [1.54, 1.807) is 4.57 Å². The van der Waals surface area contributed by atoms with Gasteiger partial charge >= 0.3 is 0 Å². The highest BCUT2D eigenvalue weighted by Gasteiger charge is 2.24. The molecule has 26 heavy (non-hydrogen) atoms. The molecule has 0 radical (unpaired) electrons. The first-order chi connectivity index (χ1) is 12.5. The number of halogens is 1. The fourth-order valence-electron chi connectivity index (χ4n) is 3.46. The zero-order chi connectivity index (χ0) is 18.4. The number of aryl methyl sites for hydroxylation is 2. The molecule has 0 aliphatic carbocycles. The van der Waals surface area contributed by atoms with Crippen molar-refractivity contribution in [3.63, 3.8) is 0 Å². The largest absolute Gasteiger partial charge is 0.508 e. The molecule has 4 rings (SSSR count). The highest BCUT2D eigenvalue weighted by atomic mass is 19.1. The lowest BCUT2D eigenvalue weighted by Gasteiger charge is -2.13. The number of para-hydroxylation sites is 1. The Morgan fingerprint density at radius 1 is 1.19 bits per heavy atom. The second kappa shape index (κ2) is 5.84. The van der Waals surface area contributed by atoms with Crippen LogP contribution in [0, 0.1) is 19.7 Å². The highest BCUT2D eigenvalue weighted by Crippen LogP contribution is 2.38. The molecule has 2 N–H and O–H groups in total. The highest BCUT2D eigenvalue weighted by molar-refractivity contribution is 6.06. The minimum Gasteiger partial charge on any atom is -0.508 e. The van der Waals surface area contributed by atoms with Crippen LogP contribution < -0.4 is 0 Å². The van der Waals surface area contributed by atoms with E-state index in [0.29, 0.717) is 22.5 Å². The molecule has 5 nitrogen and oxygen atoms in total. The van der Waals surface area contributed by atoms with Gasteiger partial charge in [-0.25, -0.2) is 4.39 Å². The number of nitrogens with zero attached hydrogens (tertiary/aromatic N) is 2. The number of aromatic hydroxyl groups is 1. The van der Waals surface area contributed by atoms with Gasteiger partial charge in [-0.1, -0.05) is 18.2 Å². The molecule has 0 saturated carbocycles. The van der Waals surface area contributed by atoms with Crippen molar-refractivity contribution >= 4 is 17.2 Å². The SMILES string of the molecule is Cc1n[nH]c(C)c1-c1c(C=O)c2ccccc2n1-c1ccc(O)cc1F. The van der Waals surface area contributed by atoms with Gasteiger partial charge in [-0.15, -0.1) is 0 Å². The van der Waals surface area contributed by atoms with Gasteiger partial charge in [0.1, 0.15) is 5.75 Å². The Morgan fingerprint density at radius 2 is 1.96 bits per heavy atom. The van der Waals surface area contributed by atoms with Crippen LogP contribution in [-0.2, 0) is 0 Å². The fraction of sp³-hybridized carbons (Fsp3) is 0.100. The lowest BCUT2D eigenvalue weighted by Crippen LogP contribution is -2.02. The molecule has 130 valence electrons. The van der Waals surface area contributed by atoms with E-state index in [0.717, 1.165) is 29.0 Å². The zero-order valence-electron chi connectivity index (χ0n) is 14.2. The van der Waals surface area contributed by atoms with Gasteiger partial charge in [0.25, 0.3) is 0 Å². The average Bonchev–Trinajstić information content (AvgIpc) is 3.11. The molecule has 2 aromatic heterocycles. The first-order valence-corrected chi connectivity index (χ1v) is 8.12. The van der Waals surface area contributed by atoms with Crippen molar-refractivity contribution in [2.75, 3.05) is 0 Å². The molecule has 0 amide bonds. The molecule has 2 heterocycles. The topological polar surface area (TPSA) is 70.9 Å². The van der Waals surface area contributed by atoms with Crippen LogP contribution in [-0.4, -0.2) is 26.2 Å². The maximum Gasteiger partial charge on any atom is 0.152 e. The molecule has 0 aliphatic heterocycles. The molecular weight excluding hydrogens is 333 g/mol. The molecule has 0 aliphatic rings. The average molecular weight is 349 g/mol. The Balaban J connectivity index is 2.22. The molecule has 2 aromatic carbocycles. The number of phenolic OH excluding ortho intramolecular Hbond substituents is 1. The van der Waals surface area contributed by atoms with Crippen molar-refractivity contribution in [2.45, 2.75) is 13.8 Å². The summed E-state index contributed by atoms with van der Waals surface area (Å²) in [7, 11) is 0. The third-order valence-corrected chi connectivity index (χ3v) is 4.57. The predicted molar refractivity (Wildman–Crippen MR) is 97.3 cm³/mol. The summed E-state index contributed by atoms with van der Waals surface area (Å²) < 4.78 is 16.4. The third kappa shape index (κ3) is 2.23. The number of carbonyl (C=O) groups is 1.